The molecule has 6 heteroatoms. The summed E-state index contributed by atoms with van der Waals surface area (Å²) >= 11 is 0. The topological polar surface area (TPSA) is 67.9 Å². The van der Waals surface area contributed by atoms with Crippen LogP contribution < -0.4 is 10.1 Å². The predicted molar refractivity (Wildman–Crippen MR) is 106 cm³/mol. The van der Waals surface area contributed by atoms with Gasteiger partial charge in [0.15, 0.2) is 0 Å². The molecule has 1 unspecified atom stereocenters. The maximum Gasteiger partial charge on any atom is 0.251 e. The first-order chi connectivity index (χ1) is 13.5. The summed E-state index contributed by atoms with van der Waals surface area (Å²) in [5.74, 6) is 0.317. The third-order valence-electron chi connectivity index (χ3n) is 4.48. The lowest BCUT2D eigenvalue weighted by Gasteiger charge is -2.33. The van der Waals surface area contributed by atoms with E-state index in [1.165, 1.54) is 0 Å². The predicted octanol–water partition coefficient (Wildman–Crippen LogP) is 2.80. The zero-order valence-electron chi connectivity index (χ0n) is 16.3. The highest BCUT2D eigenvalue weighted by molar-refractivity contribution is 5.96. The van der Waals surface area contributed by atoms with Crippen molar-refractivity contribution in [1.29, 1.82) is 0 Å². The summed E-state index contributed by atoms with van der Waals surface area (Å²) in [5.41, 5.74) is 1.54. The van der Waals surface area contributed by atoms with E-state index in [-0.39, 0.29) is 30.6 Å². The quantitative estimate of drug-likeness (QED) is 0.834. The van der Waals surface area contributed by atoms with Crippen molar-refractivity contribution in [2.24, 2.45) is 0 Å². The molecule has 0 aliphatic carbocycles. The second kappa shape index (κ2) is 9.37. The van der Waals surface area contributed by atoms with E-state index in [4.69, 9.17) is 9.47 Å². The van der Waals surface area contributed by atoms with Crippen molar-refractivity contribution in [3.8, 4) is 5.75 Å². The van der Waals surface area contributed by atoms with Crippen LogP contribution in [0.5, 0.6) is 5.75 Å². The average molecular weight is 382 g/mol. The van der Waals surface area contributed by atoms with Gasteiger partial charge in [0.1, 0.15) is 11.9 Å². The molecule has 1 atom stereocenters. The molecule has 2 amide bonds. The second-order valence-corrected chi connectivity index (χ2v) is 6.98. The van der Waals surface area contributed by atoms with Crippen molar-refractivity contribution in [2.75, 3.05) is 26.2 Å². The minimum Gasteiger partial charge on any atom is -0.491 e. The monoisotopic (exact) mass is 382 g/mol. The van der Waals surface area contributed by atoms with Crippen molar-refractivity contribution in [3.63, 3.8) is 0 Å². The van der Waals surface area contributed by atoms with E-state index in [0.717, 1.165) is 5.56 Å². The van der Waals surface area contributed by atoms with Crippen molar-refractivity contribution >= 4 is 11.8 Å². The number of morpholine rings is 1. The molecular formula is C22H26N2O4. The smallest absolute Gasteiger partial charge is 0.251 e. The molecule has 6 nitrogen and oxygen atoms in total. The molecule has 0 aromatic heterocycles. The van der Waals surface area contributed by atoms with Gasteiger partial charge in [-0.3, -0.25) is 9.59 Å². The van der Waals surface area contributed by atoms with Gasteiger partial charge in [0.25, 0.3) is 5.91 Å². The highest BCUT2D eigenvalue weighted by Crippen LogP contribution is 2.21. The number of carbonyl (C=O) groups is 2. The SMILES string of the molecule is CC(C)Oc1ccc(C(=O)NCC(=O)N2CCOC(c3ccccc3)C2)cc1. The van der Waals surface area contributed by atoms with Gasteiger partial charge in [-0.25, -0.2) is 0 Å². The van der Waals surface area contributed by atoms with Crippen molar-refractivity contribution in [2.45, 2.75) is 26.1 Å². The first-order valence-corrected chi connectivity index (χ1v) is 9.52. The highest BCUT2D eigenvalue weighted by Gasteiger charge is 2.25. The summed E-state index contributed by atoms with van der Waals surface area (Å²) in [6.45, 7) is 5.35. The van der Waals surface area contributed by atoms with Crippen molar-refractivity contribution < 1.29 is 19.1 Å². The average Bonchev–Trinajstić information content (AvgIpc) is 2.72. The van der Waals surface area contributed by atoms with E-state index in [1.807, 2.05) is 44.2 Å². The van der Waals surface area contributed by atoms with Gasteiger partial charge >= 0.3 is 0 Å². The number of rotatable bonds is 6. The largest absolute Gasteiger partial charge is 0.491 e. The molecule has 0 saturated carbocycles. The summed E-state index contributed by atoms with van der Waals surface area (Å²) in [6, 6.07) is 16.7. The van der Waals surface area contributed by atoms with Gasteiger partial charge in [-0.1, -0.05) is 30.3 Å². The third kappa shape index (κ3) is 5.33. The van der Waals surface area contributed by atoms with E-state index < -0.39 is 0 Å². The van der Waals surface area contributed by atoms with E-state index >= 15 is 0 Å². The minimum absolute atomic E-state index is 0.0371. The van der Waals surface area contributed by atoms with Crippen molar-refractivity contribution in [1.82, 2.24) is 10.2 Å². The van der Waals surface area contributed by atoms with Crippen LogP contribution in [0.3, 0.4) is 0 Å². The Hall–Kier alpha value is -2.86. The lowest BCUT2D eigenvalue weighted by atomic mass is 10.1. The fourth-order valence-electron chi connectivity index (χ4n) is 3.07. The van der Waals surface area contributed by atoms with Crippen LogP contribution in [0.2, 0.25) is 0 Å². The lowest BCUT2D eigenvalue weighted by Crippen LogP contribution is -2.46. The maximum atomic E-state index is 12.5. The molecule has 148 valence electrons. The molecule has 1 fully saturated rings. The fraction of sp³-hybridized carbons (Fsp3) is 0.364. The van der Waals surface area contributed by atoms with Gasteiger partial charge in [-0.05, 0) is 43.7 Å². The van der Waals surface area contributed by atoms with Crippen LogP contribution in [-0.4, -0.2) is 49.1 Å². The lowest BCUT2D eigenvalue weighted by molar-refractivity contribution is -0.137. The van der Waals surface area contributed by atoms with Gasteiger partial charge in [-0.2, -0.15) is 0 Å². The highest BCUT2D eigenvalue weighted by atomic mass is 16.5. The molecule has 1 aliphatic heterocycles. The Morgan fingerprint density at radius 2 is 1.86 bits per heavy atom. The molecule has 1 aliphatic rings. The number of carbonyl (C=O) groups excluding carboxylic acids is 2. The summed E-state index contributed by atoms with van der Waals surface area (Å²) in [4.78, 5) is 26.6. The summed E-state index contributed by atoms with van der Waals surface area (Å²) in [7, 11) is 0. The third-order valence-corrected chi connectivity index (χ3v) is 4.48. The van der Waals surface area contributed by atoms with Gasteiger partial charge in [0.2, 0.25) is 5.91 Å². The normalized spacial score (nSPS) is 16.7. The number of nitrogens with one attached hydrogen (secondary N) is 1. The number of amides is 2. The van der Waals surface area contributed by atoms with Crippen LogP contribution in [0.1, 0.15) is 35.9 Å². The van der Waals surface area contributed by atoms with E-state index in [2.05, 4.69) is 5.32 Å². The van der Waals surface area contributed by atoms with E-state index in [9.17, 15) is 9.59 Å². The molecule has 2 aromatic rings. The molecule has 0 spiro atoms. The van der Waals surface area contributed by atoms with Crippen molar-refractivity contribution in [3.05, 3.63) is 65.7 Å². The van der Waals surface area contributed by atoms with Gasteiger partial charge < -0.3 is 19.7 Å². The Kier molecular flexibility index (Phi) is 6.66. The van der Waals surface area contributed by atoms with Crippen LogP contribution in [0.15, 0.2) is 54.6 Å². The summed E-state index contributed by atoms with van der Waals surface area (Å²) in [5, 5.41) is 2.70. The van der Waals surface area contributed by atoms with E-state index in [1.54, 1.807) is 29.2 Å². The summed E-state index contributed by atoms with van der Waals surface area (Å²) < 4.78 is 11.4. The molecule has 0 radical (unpaired) electrons. The standard InChI is InChI=1S/C22H26N2O4/c1-16(2)28-19-10-8-18(9-11-19)22(26)23-14-21(25)24-12-13-27-20(15-24)17-6-4-3-5-7-17/h3-11,16,20H,12-15H2,1-2H3,(H,23,26). The second-order valence-electron chi connectivity index (χ2n) is 6.98. The molecule has 0 bridgehead atoms. The number of hydrogen-bond acceptors (Lipinski definition) is 4. The first-order valence-electron chi connectivity index (χ1n) is 9.52. The Balaban J connectivity index is 1.51. The zero-order valence-corrected chi connectivity index (χ0v) is 16.3. The Bertz CT molecular complexity index is 790. The zero-order chi connectivity index (χ0) is 19.9. The molecule has 3 rings (SSSR count). The fourth-order valence-corrected chi connectivity index (χ4v) is 3.07. The summed E-state index contributed by atoms with van der Waals surface area (Å²) in [6.07, 6.45) is -0.0614. The molecule has 1 saturated heterocycles. The first kappa shape index (κ1) is 19.9. The number of ether oxygens (including phenoxy) is 2. The Morgan fingerprint density at radius 1 is 1.14 bits per heavy atom. The van der Waals surface area contributed by atoms with Crippen LogP contribution in [0.4, 0.5) is 0 Å². The van der Waals surface area contributed by atoms with Gasteiger partial charge in [-0.15, -0.1) is 0 Å². The molecule has 1 heterocycles. The Labute approximate surface area is 165 Å². The Morgan fingerprint density at radius 3 is 2.54 bits per heavy atom. The van der Waals surface area contributed by atoms with E-state index in [0.29, 0.717) is 31.0 Å². The van der Waals surface area contributed by atoms with Crippen LogP contribution in [-0.2, 0) is 9.53 Å². The molecular weight excluding hydrogens is 356 g/mol. The molecule has 1 N–H and O–H groups in total. The molecule has 28 heavy (non-hydrogen) atoms. The minimum atomic E-state index is -0.280. The maximum absolute atomic E-state index is 12.5. The van der Waals surface area contributed by atoms with Crippen LogP contribution >= 0.6 is 0 Å². The van der Waals surface area contributed by atoms with Crippen LogP contribution in [0.25, 0.3) is 0 Å². The van der Waals surface area contributed by atoms with Crippen LogP contribution in [0, 0.1) is 0 Å². The van der Waals surface area contributed by atoms with Gasteiger partial charge in [0, 0.05) is 12.1 Å². The number of benzene rings is 2. The molecule has 2 aromatic carbocycles. The van der Waals surface area contributed by atoms with Gasteiger partial charge in [0.05, 0.1) is 25.8 Å². The number of nitrogens with zero attached hydrogens (tertiary/aromatic N) is 1. The number of hydrogen-bond donors (Lipinski definition) is 1.